The summed E-state index contributed by atoms with van der Waals surface area (Å²) < 4.78 is 5.48. The minimum absolute atomic E-state index is 0.0724. The van der Waals surface area contributed by atoms with E-state index < -0.39 is 12.9 Å². The van der Waals surface area contributed by atoms with Gasteiger partial charge in [-0.05, 0) is 37.0 Å². The summed E-state index contributed by atoms with van der Waals surface area (Å²) in [7, 11) is 1.57. The Labute approximate surface area is 194 Å². The molecule has 2 rings (SSSR count). The third-order valence-corrected chi connectivity index (χ3v) is 11.2. The molecule has 0 unspecified atom stereocenters. The molecule has 0 radical (unpaired) electrons. The lowest BCUT2D eigenvalue weighted by Gasteiger charge is -2.31. The maximum atomic E-state index is 14.0. The van der Waals surface area contributed by atoms with Crippen LogP contribution in [0.5, 0.6) is 5.75 Å². The molecule has 6 heteroatoms. The topological polar surface area (TPSA) is 51.0 Å². The Kier molecular flexibility index (Phi) is 10.5. The van der Waals surface area contributed by atoms with Gasteiger partial charge in [0.1, 0.15) is 5.75 Å². The van der Waals surface area contributed by atoms with Crippen molar-refractivity contribution in [3.05, 3.63) is 35.7 Å². The molecule has 1 saturated heterocycles. The smallest absolute Gasteiger partial charge is 0.227 e. The first-order valence-corrected chi connectivity index (χ1v) is 14.4. The summed E-state index contributed by atoms with van der Waals surface area (Å²) in [5.41, 5.74) is 1.10. The molecule has 0 N–H and O–H groups in total. The second-order valence-corrected chi connectivity index (χ2v) is 12.7. The van der Waals surface area contributed by atoms with Gasteiger partial charge in [0.2, 0.25) is 11.3 Å². The summed E-state index contributed by atoms with van der Waals surface area (Å²) >= 11 is 0. The molecule has 1 aliphatic rings. The number of unbranched alkanes of at least 4 members (excludes halogenated alkanes) is 3. The van der Waals surface area contributed by atoms with Crippen molar-refractivity contribution in [2.75, 3.05) is 30.5 Å². The van der Waals surface area contributed by atoms with Gasteiger partial charge in [0, 0.05) is 6.42 Å². The number of para-hydroxylation sites is 2. The minimum Gasteiger partial charge on any atom is -0.495 e. The number of nitrogens with zero attached hydrogens (tertiary/aromatic N) is 2. The normalized spacial score (nSPS) is 16.2. The maximum absolute atomic E-state index is 14.0. The average molecular weight is 459 g/mol. The maximum Gasteiger partial charge on any atom is 0.227 e. The number of ether oxygens (including phenoxy) is 1. The molecular formula is C26H39N2O3P. The van der Waals surface area contributed by atoms with Gasteiger partial charge in [0.15, 0.2) is 5.78 Å². The van der Waals surface area contributed by atoms with Crippen LogP contribution in [0.1, 0.15) is 72.1 Å². The van der Waals surface area contributed by atoms with Gasteiger partial charge in [0.25, 0.3) is 0 Å². The fourth-order valence-corrected chi connectivity index (χ4v) is 9.54. The molecule has 5 nitrogen and oxygen atoms in total. The predicted octanol–water partition coefficient (Wildman–Crippen LogP) is 6.23. The van der Waals surface area contributed by atoms with Crippen LogP contribution in [0, 0.1) is 6.57 Å². The molecule has 1 atom stereocenters. The number of carbonyl (C=O) groups excluding carboxylic acids is 2. The van der Waals surface area contributed by atoms with Crippen molar-refractivity contribution in [1.82, 2.24) is 0 Å². The van der Waals surface area contributed by atoms with Gasteiger partial charge < -0.3 is 9.53 Å². The van der Waals surface area contributed by atoms with E-state index in [4.69, 9.17) is 11.3 Å². The molecule has 1 aliphatic heterocycles. The summed E-state index contributed by atoms with van der Waals surface area (Å²) in [5, 5.41) is 0. The van der Waals surface area contributed by atoms with E-state index in [1.54, 1.807) is 12.0 Å². The quantitative estimate of drug-likeness (QED) is 0.260. The highest BCUT2D eigenvalue weighted by Crippen LogP contribution is 2.53. The Morgan fingerprint density at radius 2 is 1.66 bits per heavy atom. The fraction of sp³-hybridized carbons (Fsp3) is 0.615. The molecule has 1 fully saturated rings. The van der Waals surface area contributed by atoms with Gasteiger partial charge in [0.05, 0.1) is 25.4 Å². The Balaban J connectivity index is 2.59. The second kappa shape index (κ2) is 12.9. The number of benzene rings is 1. The standard InChI is InChI=1S/C26H39N2O3P/c1-6-9-18-32(19-10-7-2,20-11-8-3)26(27-4)25(30)22-16-17-24(29)28(22)21-14-12-13-15-23(21)31-5/h12-15,22H,6-11,16-20H2,1-3,5H3/t22-/m0/s1. The van der Waals surface area contributed by atoms with Crippen LogP contribution < -0.4 is 9.64 Å². The zero-order valence-corrected chi connectivity index (χ0v) is 21.1. The van der Waals surface area contributed by atoms with E-state index in [0.717, 1.165) is 57.0 Å². The van der Waals surface area contributed by atoms with Crippen LogP contribution in [0.3, 0.4) is 0 Å². The van der Waals surface area contributed by atoms with Crippen LogP contribution in [-0.4, -0.2) is 48.7 Å². The van der Waals surface area contributed by atoms with E-state index in [1.165, 1.54) is 0 Å². The van der Waals surface area contributed by atoms with Crippen molar-refractivity contribution in [3.63, 3.8) is 0 Å². The molecule has 0 aromatic heterocycles. The number of Topliss-reactive ketones (excluding diaryl/α,β-unsaturated/α-hetero) is 1. The van der Waals surface area contributed by atoms with E-state index in [0.29, 0.717) is 29.7 Å². The zero-order valence-electron chi connectivity index (χ0n) is 20.2. The Morgan fingerprint density at radius 1 is 1.09 bits per heavy atom. The van der Waals surface area contributed by atoms with Gasteiger partial charge in [-0.15, -0.1) is 0 Å². The SMILES string of the molecule is [C-]#[N+]C(C(=O)[C@@H]1CCC(=O)N1c1ccccc1OC)=P(CCCC)(CCCC)CCCC. The highest BCUT2D eigenvalue weighted by atomic mass is 31.2. The van der Waals surface area contributed by atoms with Crippen LogP contribution in [0.15, 0.2) is 24.3 Å². The predicted molar refractivity (Wildman–Crippen MR) is 136 cm³/mol. The second-order valence-electron chi connectivity index (χ2n) is 8.67. The van der Waals surface area contributed by atoms with Crippen molar-refractivity contribution in [1.29, 1.82) is 0 Å². The molecule has 1 amide bonds. The molecule has 1 aromatic carbocycles. The third-order valence-electron chi connectivity index (χ3n) is 6.45. The minimum atomic E-state index is -1.88. The number of methoxy groups -OCH3 is 1. The summed E-state index contributed by atoms with van der Waals surface area (Å²) in [5.74, 6) is 0.388. The van der Waals surface area contributed by atoms with Crippen molar-refractivity contribution in [2.45, 2.75) is 78.2 Å². The lowest BCUT2D eigenvalue weighted by Crippen LogP contribution is -2.42. The molecule has 1 aromatic rings. The van der Waals surface area contributed by atoms with E-state index in [1.807, 2.05) is 24.3 Å². The van der Waals surface area contributed by atoms with Crippen LogP contribution in [0.4, 0.5) is 5.69 Å². The molecule has 0 spiro atoms. The Morgan fingerprint density at radius 3 is 2.16 bits per heavy atom. The van der Waals surface area contributed by atoms with E-state index in [-0.39, 0.29) is 11.7 Å². The Hall–Kier alpha value is -2.05. The first-order chi connectivity index (χ1) is 15.5. The number of ketones is 1. The molecule has 0 aliphatic carbocycles. The highest BCUT2D eigenvalue weighted by Gasteiger charge is 2.41. The highest BCUT2D eigenvalue weighted by molar-refractivity contribution is 7.78. The number of carbonyl (C=O) groups is 2. The summed E-state index contributed by atoms with van der Waals surface area (Å²) in [6.45, 7) is 12.7. The number of rotatable bonds is 13. The lowest BCUT2D eigenvalue weighted by molar-refractivity contribution is -0.119. The largest absolute Gasteiger partial charge is 0.495 e. The zero-order chi connectivity index (χ0) is 23.6. The van der Waals surface area contributed by atoms with Crippen molar-refractivity contribution >= 4 is 29.7 Å². The molecular weight excluding hydrogens is 419 g/mol. The third kappa shape index (κ3) is 5.84. The van der Waals surface area contributed by atoms with Gasteiger partial charge in [-0.2, -0.15) is 0 Å². The van der Waals surface area contributed by atoms with Crippen LogP contribution in [0.25, 0.3) is 4.85 Å². The van der Waals surface area contributed by atoms with Crippen LogP contribution >= 0.6 is 6.89 Å². The molecule has 0 saturated carbocycles. The van der Waals surface area contributed by atoms with E-state index in [9.17, 15) is 9.59 Å². The van der Waals surface area contributed by atoms with Gasteiger partial charge in [-0.1, -0.05) is 78.3 Å². The first kappa shape index (κ1) is 26.2. The average Bonchev–Trinajstić information content (AvgIpc) is 3.20. The van der Waals surface area contributed by atoms with Gasteiger partial charge in [-0.25, -0.2) is 4.85 Å². The number of amides is 1. The first-order valence-electron chi connectivity index (χ1n) is 12.1. The van der Waals surface area contributed by atoms with Crippen molar-refractivity contribution < 1.29 is 14.3 Å². The molecule has 32 heavy (non-hydrogen) atoms. The van der Waals surface area contributed by atoms with Crippen molar-refractivity contribution in [2.24, 2.45) is 0 Å². The van der Waals surface area contributed by atoms with Gasteiger partial charge >= 0.3 is 0 Å². The number of hydrogen-bond acceptors (Lipinski definition) is 3. The summed E-state index contributed by atoms with van der Waals surface area (Å²) in [4.78, 5) is 32.4. The van der Waals surface area contributed by atoms with E-state index >= 15 is 0 Å². The fourth-order valence-electron chi connectivity index (χ4n) is 4.64. The van der Waals surface area contributed by atoms with Crippen molar-refractivity contribution in [3.8, 4) is 5.75 Å². The number of anilines is 1. The molecule has 176 valence electrons. The van der Waals surface area contributed by atoms with Crippen LogP contribution in [0.2, 0.25) is 0 Å². The van der Waals surface area contributed by atoms with E-state index in [2.05, 4.69) is 25.6 Å². The summed E-state index contributed by atoms with van der Waals surface area (Å²) in [6, 6.07) is 6.74. The Bertz CT molecular complexity index is 859. The monoisotopic (exact) mass is 458 g/mol. The molecule has 0 bridgehead atoms. The van der Waals surface area contributed by atoms with Gasteiger partial charge in [-0.3, -0.25) is 9.69 Å². The summed E-state index contributed by atoms with van der Waals surface area (Å²) in [6.07, 6.45) is 10.0. The van der Waals surface area contributed by atoms with Crippen LogP contribution in [-0.2, 0) is 9.59 Å². The lowest BCUT2D eigenvalue weighted by atomic mass is 10.1. The molecule has 1 heterocycles. The number of hydrogen-bond donors (Lipinski definition) is 0.